The lowest BCUT2D eigenvalue weighted by Crippen LogP contribution is -2.62. The van der Waals surface area contributed by atoms with E-state index in [-0.39, 0.29) is 12.3 Å². The Morgan fingerprint density at radius 3 is 2.62 bits per heavy atom. The maximum atomic E-state index is 12.3. The molecule has 7 unspecified atom stereocenters. The van der Waals surface area contributed by atoms with E-state index in [1.807, 2.05) is 13.0 Å². The second kappa shape index (κ2) is 5.18. The van der Waals surface area contributed by atoms with Crippen molar-refractivity contribution in [2.75, 3.05) is 0 Å². The molecule has 0 aromatic heterocycles. The van der Waals surface area contributed by atoms with Crippen LogP contribution in [0.15, 0.2) is 24.3 Å². The molecule has 142 valence electrons. The number of fused-ring (bicyclic) bond motifs is 1. The van der Waals surface area contributed by atoms with Crippen LogP contribution in [0.1, 0.15) is 34.1 Å². The van der Waals surface area contributed by atoms with E-state index in [0.29, 0.717) is 5.57 Å². The van der Waals surface area contributed by atoms with Gasteiger partial charge in [-0.3, -0.25) is 4.79 Å². The summed E-state index contributed by atoms with van der Waals surface area (Å²) in [5.41, 5.74) is -3.39. The van der Waals surface area contributed by atoms with Gasteiger partial charge in [0.1, 0.15) is 23.4 Å². The molecular weight excluding hydrogens is 340 g/mol. The van der Waals surface area contributed by atoms with Crippen molar-refractivity contribution in [1.82, 2.24) is 0 Å². The van der Waals surface area contributed by atoms with Crippen LogP contribution in [0.5, 0.6) is 0 Å². The van der Waals surface area contributed by atoms with Gasteiger partial charge in [0.05, 0.1) is 11.8 Å². The Hall–Kier alpha value is -1.70. The Labute approximate surface area is 151 Å². The van der Waals surface area contributed by atoms with Gasteiger partial charge in [0.15, 0.2) is 5.60 Å². The third-order valence-corrected chi connectivity index (χ3v) is 6.39. The maximum Gasteiger partial charge on any atom is 0.334 e. The van der Waals surface area contributed by atoms with Gasteiger partial charge in [-0.25, -0.2) is 14.6 Å². The number of esters is 2. The Morgan fingerprint density at radius 1 is 1.35 bits per heavy atom. The van der Waals surface area contributed by atoms with Gasteiger partial charge in [-0.2, -0.15) is 0 Å². The standard InChI is InChI=1S/C19H24O7/c1-9(2)15(20)23-12-8-11-10(3)16(21)24-13(11)14-17(4)6-7-19(14,26-25-17)18(12,5)22/h6-7,9,11-14,22H,3,8H2,1-2,4-5H3. The van der Waals surface area contributed by atoms with Gasteiger partial charge in [0.25, 0.3) is 0 Å². The van der Waals surface area contributed by atoms with E-state index in [2.05, 4.69) is 6.58 Å². The molecule has 26 heavy (non-hydrogen) atoms. The summed E-state index contributed by atoms with van der Waals surface area (Å²) >= 11 is 0. The number of hydrogen-bond acceptors (Lipinski definition) is 7. The highest BCUT2D eigenvalue weighted by atomic mass is 17.2. The lowest BCUT2D eigenvalue weighted by atomic mass is 9.70. The molecule has 0 aromatic rings. The zero-order chi connectivity index (χ0) is 19.1. The highest BCUT2D eigenvalue weighted by Crippen LogP contribution is 2.61. The molecule has 4 aliphatic rings. The molecule has 0 amide bonds. The molecule has 0 spiro atoms. The Balaban J connectivity index is 1.82. The van der Waals surface area contributed by atoms with E-state index < -0.39 is 52.8 Å². The predicted octanol–water partition coefficient (Wildman–Crippen LogP) is 1.45. The monoisotopic (exact) mass is 364 g/mol. The molecule has 2 aliphatic heterocycles. The van der Waals surface area contributed by atoms with Crippen molar-refractivity contribution in [3.63, 3.8) is 0 Å². The second-order valence-electron chi connectivity index (χ2n) is 8.42. The van der Waals surface area contributed by atoms with Gasteiger partial charge in [-0.1, -0.05) is 26.5 Å². The highest BCUT2D eigenvalue weighted by Gasteiger charge is 2.76. The topological polar surface area (TPSA) is 91.3 Å². The van der Waals surface area contributed by atoms with E-state index in [9.17, 15) is 14.7 Å². The molecule has 0 radical (unpaired) electrons. The minimum absolute atomic E-state index is 0.228. The summed E-state index contributed by atoms with van der Waals surface area (Å²) in [5.74, 6) is -2.12. The van der Waals surface area contributed by atoms with Crippen molar-refractivity contribution in [2.45, 2.75) is 63.1 Å². The second-order valence-corrected chi connectivity index (χ2v) is 8.42. The number of rotatable bonds is 2. The first kappa shape index (κ1) is 17.7. The summed E-state index contributed by atoms with van der Waals surface area (Å²) in [5, 5.41) is 11.5. The third-order valence-electron chi connectivity index (χ3n) is 6.39. The summed E-state index contributed by atoms with van der Waals surface area (Å²) in [6, 6.07) is 0. The van der Waals surface area contributed by atoms with Gasteiger partial charge in [-0.05, 0) is 26.3 Å². The molecule has 4 rings (SSSR count). The van der Waals surface area contributed by atoms with Gasteiger partial charge < -0.3 is 14.6 Å². The molecule has 7 nitrogen and oxygen atoms in total. The van der Waals surface area contributed by atoms with Crippen molar-refractivity contribution in [3.05, 3.63) is 24.3 Å². The molecule has 2 heterocycles. The largest absolute Gasteiger partial charge is 0.459 e. The first-order valence-corrected chi connectivity index (χ1v) is 8.93. The van der Waals surface area contributed by atoms with E-state index in [1.54, 1.807) is 26.8 Å². The van der Waals surface area contributed by atoms with Crippen molar-refractivity contribution < 1.29 is 33.9 Å². The van der Waals surface area contributed by atoms with Crippen LogP contribution in [0, 0.1) is 17.8 Å². The zero-order valence-electron chi connectivity index (χ0n) is 15.4. The SMILES string of the molecule is C=C1C(=O)OC2C1CC(OC(=O)C(C)C)C(C)(O)C13C=CC(C)(OO1)C23. The molecule has 1 N–H and O–H groups in total. The van der Waals surface area contributed by atoms with Crippen LogP contribution >= 0.6 is 0 Å². The molecular formula is C19H24O7. The number of carbonyl (C=O) groups is 2. The van der Waals surface area contributed by atoms with Crippen molar-refractivity contribution in [1.29, 1.82) is 0 Å². The summed E-state index contributed by atoms with van der Waals surface area (Å²) in [6.07, 6.45) is 2.30. The van der Waals surface area contributed by atoms with E-state index in [0.717, 1.165) is 0 Å². The highest BCUT2D eigenvalue weighted by molar-refractivity contribution is 5.91. The third kappa shape index (κ3) is 1.99. The van der Waals surface area contributed by atoms with Crippen molar-refractivity contribution in [2.24, 2.45) is 17.8 Å². The minimum atomic E-state index is -1.58. The van der Waals surface area contributed by atoms with E-state index >= 15 is 0 Å². The fourth-order valence-corrected chi connectivity index (χ4v) is 4.74. The molecule has 3 fully saturated rings. The molecule has 2 aliphatic carbocycles. The normalized spacial score (nSPS) is 49.0. The summed E-state index contributed by atoms with van der Waals surface area (Å²) < 4.78 is 11.3. The van der Waals surface area contributed by atoms with E-state index in [1.165, 1.54) is 0 Å². The molecule has 2 saturated heterocycles. The van der Waals surface area contributed by atoms with Crippen molar-refractivity contribution >= 4 is 11.9 Å². The Bertz CT molecular complexity index is 723. The molecule has 7 atom stereocenters. The summed E-state index contributed by atoms with van der Waals surface area (Å²) in [4.78, 5) is 35.6. The maximum absolute atomic E-state index is 12.3. The lowest BCUT2D eigenvalue weighted by Gasteiger charge is -2.43. The lowest BCUT2D eigenvalue weighted by molar-refractivity contribution is -0.366. The van der Waals surface area contributed by atoms with Crippen molar-refractivity contribution in [3.8, 4) is 0 Å². The number of aliphatic hydroxyl groups is 1. The van der Waals surface area contributed by atoms with Crippen LogP contribution in [0.25, 0.3) is 0 Å². The van der Waals surface area contributed by atoms with Gasteiger partial charge in [0.2, 0.25) is 0 Å². The number of carbonyl (C=O) groups excluding carboxylic acids is 2. The average molecular weight is 364 g/mol. The average Bonchev–Trinajstić information content (AvgIpc) is 3.11. The first-order chi connectivity index (χ1) is 12.0. The van der Waals surface area contributed by atoms with Gasteiger partial charge in [-0.15, -0.1) is 0 Å². The van der Waals surface area contributed by atoms with E-state index in [4.69, 9.17) is 19.2 Å². The number of hydrogen-bond donors (Lipinski definition) is 1. The van der Waals surface area contributed by atoms with Crippen LogP contribution in [0.3, 0.4) is 0 Å². The minimum Gasteiger partial charge on any atom is -0.459 e. The first-order valence-electron chi connectivity index (χ1n) is 8.93. The molecule has 1 saturated carbocycles. The molecule has 2 bridgehead atoms. The van der Waals surface area contributed by atoms with Crippen LogP contribution in [0.4, 0.5) is 0 Å². The van der Waals surface area contributed by atoms with Gasteiger partial charge >= 0.3 is 11.9 Å². The Morgan fingerprint density at radius 2 is 2.04 bits per heavy atom. The molecule has 7 heteroatoms. The zero-order valence-corrected chi connectivity index (χ0v) is 15.4. The quantitative estimate of drug-likeness (QED) is 0.343. The fraction of sp³-hybridized carbons (Fsp3) is 0.684. The number of ether oxygens (including phenoxy) is 2. The van der Waals surface area contributed by atoms with Crippen LogP contribution < -0.4 is 0 Å². The van der Waals surface area contributed by atoms with Crippen LogP contribution in [-0.2, 0) is 28.8 Å². The smallest absolute Gasteiger partial charge is 0.334 e. The summed E-state index contributed by atoms with van der Waals surface area (Å²) in [6.45, 7) is 10.7. The van der Waals surface area contributed by atoms with Crippen LogP contribution in [0.2, 0.25) is 0 Å². The predicted molar refractivity (Wildman–Crippen MR) is 88.4 cm³/mol. The van der Waals surface area contributed by atoms with Crippen LogP contribution in [-0.4, -0.2) is 46.1 Å². The van der Waals surface area contributed by atoms with Gasteiger partial charge in [0, 0.05) is 11.5 Å². The fourth-order valence-electron chi connectivity index (χ4n) is 4.74. The molecule has 0 aromatic carbocycles. The summed E-state index contributed by atoms with van der Waals surface area (Å²) in [7, 11) is 0. The Kier molecular flexibility index (Phi) is 3.53.